The molecule has 2 heterocycles. The average molecular weight is 336 g/mol. The predicted molar refractivity (Wildman–Crippen MR) is 92.6 cm³/mol. The van der Waals surface area contributed by atoms with E-state index in [1.165, 1.54) is 19.3 Å². The van der Waals surface area contributed by atoms with Gasteiger partial charge in [0.05, 0.1) is 6.20 Å². The molecule has 7 nitrogen and oxygen atoms in total. The van der Waals surface area contributed by atoms with Gasteiger partial charge in [-0.3, -0.25) is 9.48 Å². The molecule has 4 rings (SSSR count). The molecule has 0 aliphatic heterocycles. The van der Waals surface area contributed by atoms with Crippen molar-refractivity contribution in [3.63, 3.8) is 0 Å². The summed E-state index contributed by atoms with van der Waals surface area (Å²) in [5, 5.41) is 17.9. The molecule has 1 saturated carbocycles. The molecule has 0 saturated heterocycles. The molecule has 0 bridgehead atoms. The third-order valence-corrected chi connectivity index (χ3v) is 4.62. The minimum Gasteiger partial charge on any atom is -0.346 e. The maximum absolute atomic E-state index is 12.5. The highest BCUT2D eigenvalue weighted by atomic mass is 16.2. The molecule has 0 unspecified atom stereocenters. The van der Waals surface area contributed by atoms with Crippen LogP contribution in [-0.4, -0.2) is 31.1 Å². The van der Waals surface area contributed by atoms with E-state index < -0.39 is 0 Å². The highest BCUT2D eigenvalue weighted by Gasteiger charge is 2.19. The van der Waals surface area contributed by atoms with Gasteiger partial charge in [0.15, 0.2) is 5.69 Å². The van der Waals surface area contributed by atoms with E-state index in [9.17, 15) is 4.79 Å². The number of nitrogens with zero attached hydrogens (tertiary/aromatic N) is 4. The van der Waals surface area contributed by atoms with Gasteiger partial charge in [-0.25, -0.2) is 0 Å². The van der Waals surface area contributed by atoms with Gasteiger partial charge in [-0.2, -0.15) is 20.5 Å². The SMILES string of the molecule is O=C(NCc1cnn(CC2CCC2)c1)c1n[nH]nc1-c1ccccc1. The largest absolute Gasteiger partial charge is 0.346 e. The van der Waals surface area contributed by atoms with Crippen LogP contribution in [0.25, 0.3) is 11.3 Å². The number of benzene rings is 1. The summed E-state index contributed by atoms with van der Waals surface area (Å²) in [4.78, 5) is 12.5. The Labute approximate surface area is 145 Å². The van der Waals surface area contributed by atoms with Crippen LogP contribution in [0.3, 0.4) is 0 Å². The van der Waals surface area contributed by atoms with Crippen LogP contribution < -0.4 is 5.32 Å². The first kappa shape index (κ1) is 15.6. The summed E-state index contributed by atoms with van der Waals surface area (Å²) in [6, 6.07) is 9.53. The van der Waals surface area contributed by atoms with Crippen molar-refractivity contribution in [2.24, 2.45) is 5.92 Å². The first-order valence-electron chi connectivity index (χ1n) is 8.55. The Balaban J connectivity index is 1.39. The number of rotatable bonds is 6. The standard InChI is InChI=1S/C18H20N6O/c25-18(17-16(21-23-22-17)15-7-2-1-3-8-15)19-9-14-10-20-24(12-14)11-13-5-4-6-13/h1-3,7-8,10,12-13H,4-6,9,11H2,(H,19,25)(H,21,22,23). The predicted octanol–water partition coefficient (Wildman–Crippen LogP) is 2.40. The zero-order valence-electron chi connectivity index (χ0n) is 13.9. The van der Waals surface area contributed by atoms with E-state index in [0.29, 0.717) is 17.9 Å². The summed E-state index contributed by atoms with van der Waals surface area (Å²) in [6.45, 7) is 1.39. The summed E-state index contributed by atoms with van der Waals surface area (Å²) in [6.07, 6.45) is 7.72. The van der Waals surface area contributed by atoms with Crippen LogP contribution in [0.2, 0.25) is 0 Å². The van der Waals surface area contributed by atoms with Crippen molar-refractivity contribution >= 4 is 5.91 Å². The van der Waals surface area contributed by atoms with Crippen LogP contribution in [-0.2, 0) is 13.1 Å². The lowest BCUT2D eigenvalue weighted by Gasteiger charge is -2.24. The van der Waals surface area contributed by atoms with Gasteiger partial charge in [0.2, 0.25) is 0 Å². The first-order valence-corrected chi connectivity index (χ1v) is 8.55. The van der Waals surface area contributed by atoms with Crippen molar-refractivity contribution in [3.05, 3.63) is 54.0 Å². The van der Waals surface area contributed by atoms with Crippen LogP contribution in [0.15, 0.2) is 42.7 Å². The Morgan fingerprint density at radius 1 is 1.24 bits per heavy atom. The van der Waals surface area contributed by atoms with Crippen molar-refractivity contribution in [2.45, 2.75) is 32.4 Å². The molecule has 0 atom stereocenters. The number of aromatic nitrogens is 5. The molecule has 2 aromatic heterocycles. The summed E-state index contributed by atoms with van der Waals surface area (Å²) >= 11 is 0. The van der Waals surface area contributed by atoms with E-state index in [4.69, 9.17) is 0 Å². The molecule has 7 heteroatoms. The number of amides is 1. The lowest BCUT2D eigenvalue weighted by atomic mass is 9.85. The number of aromatic amines is 1. The molecule has 1 aliphatic rings. The van der Waals surface area contributed by atoms with Crippen LogP contribution in [0.4, 0.5) is 0 Å². The van der Waals surface area contributed by atoms with E-state index in [2.05, 4.69) is 25.8 Å². The van der Waals surface area contributed by atoms with E-state index in [0.717, 1.165) is 23.6 Å². The Kier molecular flexibility index (Phi) is 4.28. The Bertz CT molecular complexity index is 849. The van der Waals surface area contributed by atoms with E-state index in [-0.39, 0.29) is 5.91 Å². The highest BCUT2D eigenvalue weighted by molar-refractivity contribution is 5.97. The van der Waals surface area contributed by atoms with E-state index in [1.54, 1.807) is 6.20 Å². The molecule has 1 fully saturated rings. The molecular formula is C18H20N6O. The van der Waals surface area contributed by atoms with E-state index in [1.807, 2.05) is 41.2 Å². The number of hydrogen-bond acceptors (Lipinski definition) is 4. The summed E-state index contributed by atoms with van der Waals surface area (Å²) < 4.78 is 1.97. The van der Waals surface area contributed by atoms with Gasteiger partial charge >= 0.3 is 0 Å². The number of nitrogens with one attached hydrogen (secondary N) is 2. The Hall–Kier alpha value is -2.96. The van der Waals surface area contributed by atoms with Gasteiger partial charge in [-0.05, 0) is 18.8 Å². The quantitative estimate of drug-likeness (QED) is 0.723. The summed E-state index contributed by atoms with van der Waals surface area (Å²) in [5.74, 6) is 0.505. The van der Waals surface area contributed by atoms with Crippen molar-refractivity contribution in [1.82, 2.24) is 30.5 Å². The first-order chi connectivity index (χ1) is 12.3. The van der Waals surface area contributed by atoms with Crippen LogP contribution in [0, 0.1) is 5.92 Å². The highest BCUT2D eigenvalue weighted by Crippen LogP contribution is 2.27. The molecule has 1 amide bonds. The fourth-order valence-corrected chi connectivity index (χ4v) is 2.99. The van der Waals surface area contributed by atoms with Crippen LogP contribution >= 0.6 is 0 Å². The van der Waals surface area contributed by atoms with Gasteiger partial charge in [-0.1, -0.05) is 36.8 Å². The van der Waals surface area contributed by atoms with Gasteiger partial charge in [0.25, 0.3) is 5.91 Å². The Morgan fingerprint density at radius 3 is 2.84 bits per heavy atom. The van der Waals surface area contributed by atoms with Gasteiger partial charge in [-0.15, -0.1) is 0 Å². The van der Waals surface area contributed by atoms with Crippen molar-refractivity contribution < 1.29 is 4.79 Å². The molecule has 128 valence electrons. The minimum absolute atomic E-state index is 0.251. The molecule has 25 heavy (non-hydrogen) atoms. The second-order valence-electron chi connectivity index (χ2n) is 6.44. The van der Waals surface area contributed by atoms with Gasteiger partial charge < -0.3 is 5.32 Å². The third kappa shape index (κ3) is 3.45. The monoisotopic (exact) mass is 336 g/mol. The topological polar surface area (TPSA) is 88.5 Å². The molecule has 0 spiro atoms. The second-order valence-corrected chi connectivity index (χ2v) is 6.44. The molecule has 1 aliphatic carbocycles. The smallest absolute Gasteiger partial charge is 0.274 e. The lowest BCUT2D eigenvalue weighted by Crippen LogP contribution is -2.23. The van der Waals surface area contributed by atoms with Gasteiger partial charge in [0, 0.05) is 30.4 Å². The molecule has 3 aromatic rings. The maximum atomic E-state index is 12.5. The fourth-order valence-electron chi connectivity index (χ4n) is 2.99. The number of carbonyl (C=O) groups excluding carboxylic acids is 1. The Morgan fingerprint density at radius 2 is 2.08 bits per heavy atom. The molecular weight excluding hydrogens is 316 g/mol. The zero-order valence-corrected chi connectivity index (χ0v) is 13.9. The number of hydrogen-bond donors (Lipinski definition) is 2. The fraction of sp³-hybridized carbons (Fsp3) is 0.333. The summed E-state index contributed by atoms with van der Waals surface area (Å²) in [7, 11) is 0. The van der Waals surface area contributed by atoms with Crippen molar-refractivity contribution in [3.8, 4) is 11.3 Å². The summed E-state index contributed by atoms with van der Waals surface area (Å²) in [5.41, 5.74) is 2.69. The zero-order chi connectivity index (χ0) is 17.1. The molecule has 0 radical (unpaired) electrons. The van der Waals surface area contributed by atoms with Crippen LogP contribution in [0.5, 0.6) is 0 Å². The number of carbonyl (C=O) groups is 1. The average Bonchev–Trinajstić information content (AvgIpc) is 3.26. The molecule has 2 N–H and O–H groups in total. The number of H-pyrrole nitrogens is 1. The molecule has 1 aromatic carbocycles. The maximum Gasteiger partial charge on any atom is 0.274 e. The lowest BCUT2D eigenvalue weighted by molar-refractivity contribution is 0.0946. The normalized spacial score (nSPS) is 14.2. The van der Waals surface area contributed by atoms with Crippen LogP contribution in [0.1, 0.15) is 35.3 Å². The van der Waals surface area contributed by atoms with Crippen molar-refractivity contribution in [2.75, 3.05) is 0 Å². The minimum atomic E-state index is -0.251. The van der Waals surface area contributed by atoms with Gasteiger partial charge in [0.1, 0.15) is 5.69 Å². The van der Waals surface area contributed by atoms with Crippen molar-refractivity contribution in [1.29, 1.82) is 0 Å². The van der Waals surface area contributed by atoms with E-state index >= 15 is 0 Å². The second kappa shape index (κ2) is 6.88. The third-order valence-electron chi connectivity index (χ3n) is 4.62.